The molecule has 1 fully saturated rings. The van der Waals surface area contributed by atoms with E-state index in [0.717, 1.165) is 0 Å². The number of nitrogens with zero attached hydrogens (tertiary/aromatic N) is 3. The fourth-order valence-electron chi connectivity index (χ4n) is 2.80. The lowest BCUT2D eigenvalue weighted by Crippen LogP contribution is -2.41. The number of likely N-dealkylation sites (tertiary alicyclic amines) is 1. The van der Waals surface area contributed by atoms with Crippen molar-refractivity contribution in [2.45, 2.75) is 24.3 Å². The lowest BCUT2D eigenvalue weighted by molar-refractivity contribution is 0.328. The molecule has 0 amide bonds. The van der Waals surface area contributed by atoms with Gasteiger partial charge in [0.05, 0.1) is 14.2 Å². The Morgan fingerprint density at radius 3 is 2.65 bits per heavy atom. The smallest absolute Gasteiger partial charge is 0.247 e. The Balaban J connectivity index is 2.41. The maximum atomic E-state index is 13.1. The summed E-state index contributed by atoms with van der Waals surface area (Å²) in [4.78, 5) is 1.66. The molecule has 1 heterocycles. The van der Waals surface area contributed by atoms with Gasteiger partial charge >= 0.3 is 0 Å². The maximum Gasteiger partial charge on any atom is 0.247 e. The van der Waals surface area contributed by atoms with Crippen LogP contribution < -0.4 is 9.47 Å². The predicted octanol–water partition coefficient (Wildman–Crippen LogP) is 1.27. The SMILES string of the molecule is CCN(C1CCN(C#N)C1)S(=O)(=O)c1cc(OC)ccc1OC. The van der Waals surface area contributed by atoms with Crippen LogP contribution in [0.4, 0.5) is 0 Å². The summed E-state index contributed by atoms with van der Waals surface area (Å²) >= 11 is 0. The van der Waals surface area contributed by atoms with E-state index in [-0.39, 0.29) is 16.7 Å². The number of benzene rings is 1. The van der Waals surface area contributed by atoms with Gasteiger partial charge < -0.3 is 14.4 Å². The molecule has 0 spiro atoms. The summed E-state index contributed by atoms with van der Waals surface area (Å²) < 4.78 is 37.9. The number of nitriles is 1. The van der Waals surface area contributed by atoms with Crippen LogP contribution in [0.2, 0.25) is 0 Å². The molecule has 23 heavy (non-hydrogen) atoms. The van der Waals surface area contributed by atoms with Crippen molar-refractivity contribution in [3.63, 3.8) is 0 Å². The van der Waals surface area contributed by atoms with Crippen molar-refractivity contribution in [1.29, 1.82) is 5.26 Å². The van der Waals surface area contributed by atoms with Gasteiger partial charge in [-0.25, -0.2) is 8.42 Å². The first kappa shape index (κ1) is 17.4. The highest BCUT2D eigenvalue weighted by molar-refractivity contribution is 7.89. The standard InChI is InChI=1S/C15H21N3O4S/c1-4-18(12-7-8-17(10-12)11-16)23(19,20)15-9-13(21-2)5-6-14(15)22-3/h5-6,9,12H,4,7-8,10H2,1-3H3. The first-order valence-electron chi connectivity index (χ1n) is 7.36. The Morgan fingerprint density at radius 2 is 2.13 bits per heavy atom. The fraction of sp³-hybridized carbons (Fsp3) is 0.533. The Labute approximate surface area is 137 Å². The highest BCUT2D eigenvalue weighted by Gasteiger charge is 2.36. The number of likely N-dealkylation sites (N-methyl/N-ethyl adjacent to an activating group) is 1. The van der Waals surface area contributed by atoms with Crippen LogP contribution in [-0.4, -0.2) is 57.5 Å². The maximum absolute atomic E-state index is 13.1. The largest absolute Gasteiger partial charge is 0.497 e. The molecular weight excluding hydrogens is 318 g/mol. The molecule has 0 N–H and O–H groups in total. The summed E-state index contributed by atoms with van der Waals surface area (Å²) in [5, 5.41) is 8.98. The van der Waals surface area contributed by atoms with Gasteiger partial charge in [0.15, 0.2) is 6.19 Å². The van der Waals surface area contributed by atoms with E-state index >= 15 is 0 Å². The second-order valence-corrected chi connectivity index (χ2v) is 7.07. The molecule has 8 heteroatoms. The number of hydrogen-bond donors (Lipinski definition) is 0. The molecule has 1 saturated heterocycles. The topological polar surface area (TPSA) is 82.9 Å². The van der Waals surface area contributed by atoms with Gasteiger partial charge in [-0.1, -0.05) is 6.92 Å². The van der Waals surface area contributed by atoms with E-state index in [1.54, 1.807) is 24.0 Å². The number of sulfonamides is 1. The molecule has 0 aromatic heterocycles. The van der Waals surface area contributed by atoms with Crippen LogP contribution in [0.1, 0.15) is 13.3 Å². The molecule has 7 nitrogen and oxygen atoms in total. The minimum atomic E-state index is -3.75. The summed E-state index contributed by atoms with van der Waals surface area (Å²) in [5.74, 6) is 0.727. The molecule has 1 aromatic carbocycles. The van der Waals surface area contributed by atoms with E-state index in [0.29, 0.717) is 31.8 Å². The quantitative estimate of drug-likeness (QED) is 0.726. The zero-order valence-electron chi connectivity index (χ0n) is 13.5. The van der Waals surface area contributed by atoms with Crippen LogP contribution in [0.3, 0.4) is 0 Å². The van der Waals surface area contributed by atoms with Crippen molar-refractivity contribution < 1.29 is 17.9 Å². The van der Waals surface area contributed by atoms with Crippen molar-refractivity contribution in [3.8, 4) is 17.7 Å². The zero-order valence-corrected chi connectivity index (χ0v) is 14.3. The van der Waals surface area contributed by atoms with Gasteiger partial charge in [0.25, 0.3) is 0 Å². The van der Waals surface area contributed by atoms with Crippen LogP contribution >= 0.6 is 0 Å². The molecule has 1 unspecified atom stereocenters. The van der Waals surface area contributed by atoms with Crippen molar-refractivity contribution in [1.82, 2.24) is 9.21 Å². The van der Waals surface area contributed by atoms with Crippen molar-refractivity contribution in [2.24, 2.45) is 0 Å². The summed E-state index contributed by atoms with van der Waals surface area (Å²) in [6.07, 6.45) is 2.70. The van der Waals surface area contributed by atoms with Gasteiger partial charge in [0.1, 0.15) is 16.4 Å². The number of hydrogen-bond acceptors (Lipinski definition) is 6. The summed E-state index contributed by atoms with van der Waals surface area (Å²) in [5.41, 5.74) is 0. The van der Waals surface area contributed by atoms with Crippen LogP contribution in [0.5, 0.6) is 11.5 Å². The highest BCUT2D eigenvalue weighted by Crippen LogP contribution is 2.32. The monoisotopic (exact) mass is 339 g/mol. The molecule has 1 aromatic rings. The lowest BCUT2D eigenvalue weighted by atomic mass is 10.3. The second kappa shape index (κ2) is 7.06. The van der Waals surface area contributed by atoms with Crippen LogP contribution in [0, 0.1) is 11.5 Å². The molecule has 0 radical (unpaired) electrons. The van der Waals surface area contributed by atoms with Crippen LogP contribution in [0.25, 0.3) is 0 Å². The Hall–Kier alpha value is -1.98. The number of rotatable bonds is 6. The average molecular weight is 339 g/mol. The first-order valence-corrected chi connectivity index (χ1v) is 8.80. The molecule has 126 valence electrons. The second-order valence-electron chi connectivity index (χ2n) is 5.21. The van der Waals surface area contributed by atoms with Gasteiger partial charge in [-0.15, -0.1) is 0 Å². The summed E-state index contributed by atoms with van der Waals surface area (Å²) in [7, 11) is -0.831. The van der Waals surface area contributed by atoms with E-state index in [1.807, 2.05) is 0 Å². The first-order chi connectivity index (χ1) is 11.0. The third-order valence-corrected chi connectivity index (χ3v) is 6.03. The van der Waals surface area contributed by atoms with Crippen LogP contribution in [0.15, 0.2) is 23.1 Å². The van der Waals surface area contributed by atoms with Crippen molar-refractivity contribution >= 4 is 10.0 Å². The van der Waals surface area contributed by atoms with Gasteiger partial charge in [-0.05, 0) is 18.6 Å². The summed E-state index contributed by atoms with van der Waals surface area (Å²) in [6, 6.07) is 4.48. The number of methoxy groups -OCH3 is 2. The van der Waals surface area contributed by atoms with Crippen LogP contribution in [-0.2, 0) is 10.0 Å². The zero-order chi connectivity index (χ0) is 17.0. The average Bonchev–Trinajstić information content (AvgIpc) is 3.03. The molecule has 2 rings (SSSR count). The van der Waals surface area contributed by atoms with Gasteiger partial charge in [0, 0.05) is 31.7 Å². The van der Waals surface area contributed by atoms with Crippen molar-refractivity contribution in [3.05, 3.63) is 18.2 Å². The van der Waals surface area contributed by atoms with E-state index in [9.17, 15) is 8.42 Å². The fourth-order valence-corrected chi connectivity index (χ4v) is 4.63. The summed E-state index contributed by atoms with van der Waals surface area (Å²) in [6.45, 7) is 3.10. The Morgan fingerprint density at radius 1 is 1.39 bits per heavy atom. The number of ether oxygens (including phenoxy) is 2. The Bertz CT molecular complexity index is 699. The van der Waals surface area contributed by atoms with E-state index in [4.69, 9.17) is 14.7 Å². The molecule has 1 aliphatic heterocycles. The predicted molar refractivity (Wildman–Crippen MR) is 84.7 cm³/mol. The van der Waals surface area contributed by atoms with E-state index in [1.165, 1.54) is 24.6 Å². The highest BCUT2D eigenvalue weighted by atomic mass is 32.2. The molecule has 0 aliphatic carbocycles. The van der Waals surface area contributed by atoms with Gasteiger partial charge in [0.2, 0.25) is 10.0 Å². The molecule has 0 bridgehead atoms. The normalized spacial score (nSPS) is 18.0. The molecular formula is C15H21N3O4S. The van der Waals surface area contributed by atoms with E-state index < -0.39 is 10.0 Å². The minimum Gasteiger partial charge on any atom is -0.497 e. The molecule has 1 atom stereocenters. The van der Waals surface area contributed by atoms with E-state index in [2.05, 4.69) is 6.19 Å². The molecule has 0 saturated carbocycles. The van der Waals surface area contributed by atoms with Crippen molar-refractivity contribution in [2.75, 3.05) is 33.9 Å². The Kier molecular flexibility index (Phi) is 5.34. The minimum absolute atomic E-state index is 0.0802. The third-order valence-electron chi connectivity index (χ3n) is 3.98. The molecule has 1 aliphatic rings. The lowest BCUT2D eigenvalue weighted by Gasteiger charge is -2.27. The van der Waals surface area contributed by atoms with Gasteiger partial charge in [-0.3, -0.25) is 0 Å². The van der Waals surface area contributed by atoms with Gasteiger partial charge in [-0.2, -0.15) is 9.57 Å². The third kappa shape index (κ3) is 3.35.